The van der Waals surface area contributed by atoms with Crippen molar-refractivity contribution in [1.82, 2.24) is 14.1 Å². The third-order valence-corrected chi connectivity index (χ3v) is 12.7. The van der Waals surface area contributed by atoms with E-state index in [9.17, 15) is 0 Å². The number of furan rings is 1. The Morgan fingerprint density at radius 1 is 0.333 bits per heavy atom. The first-order chi connectivity index (χ1) is 31.3. The summed E-state index contributed by atoms with van der Waals surface area (Å²) in [6.45, 7) is 0. The molecule has 0 aliphatic rings. The minimum atomic E-state index is 0.779. The summed E-state index contributed by atoms with van der Waals surface area (Å²) in [5, 5.41) is 7.08. The zero-order valence-electron chi connectivity index (χ0n) is 34.1. The maximum absolute atomic E-state index is 7.03. The molecule has 0 radical (unpaired) electrons. The molecule has 0 fully saturated rings. The summed E-state index contributed by atoms with van der Waals surface area (Å²) < 4.78 is 11.9. The Morgan fingerprint density at radius 2 is 0.762 bits per heavy atom. The zero-order chi connectivity index (χ0) is 41.4. The fraction of sp³-hybridized carbons (Fsp3) is 0. The molecule has 0 unspecified atom stereocenters. The Morgan fingerprint density at radius 3 is 1.29 bits per heavy atom. The molecular weight excluding hydrogens is 767 g/mol. The van der Waals surface area contributed by atoms with Gasteiger partial charge in [-0.1, -0.05) is 176 Å². The van der Waals surface area contributed by atoms with Gasteiger partial charge in [0.25, 0.3) is 0 Å². The van der Waals surface area contributed by atoms with Crippen molar-refractivity contribution in [2.45, 2.75) is 0 Å². The summed E-state index contributed by atoms with van der Waals surface area (Å²) in [5.41, 5.74) is 15.8. The quantitative estimate of drug-likeness (QED) is 0.168. The van der Waals surface area contributed by atoms with E-state index in [-0.39, 0.29) is 0 Å². The molecule has 0 atom stereocenters. The highest BCUT2D eigenvalue weighted by Crippen LogP contribution is 2.47. The van der Waals surface area contributed by atoms with E-state index < -0.39 is 0 Å². The molecule has 9 aromatic carbocycles. The van der Waals surface area contributed by atoms with Crippen LogP contribution in [-0.2, 0) is 0 Å². The predicted molar refractivity (Wildman–Crippen MR) is 262 cm³/mol. The van der Waals surface area contributed by atoms with Crippen molar-refractivity contribution in [3.63, 3.8) is 0 Å². The lowest BCUT2D eigenvalue weighted by Crippen LogP contribution is -2.00. The van der Waals surface area contributed by atoms with E-state index in [1.54, 1.807) is 0 Å². The van der Waals surface area contributed by atoms with Crippen LogP contribution in [0.4, 0.5) is 0 Å². The standard InChI is InChI=1S/C59H37N3O/c1-3-17-39(18-4-1)55-56-49-25-7-12-26-50(49)60-57(59(56)63-58(55)41-19-5-2-6-20-41)40-33-31-38(32-34-40)42-35-43(61-51-27-13-8-21-45(51)46-22-9-14-28-52(46)61)37-44(36-42)62-53-29-15-10-23-47(53)48-24-11-16-30-54(48)62/h1-37H. The molecule has 13 rings (SSSR count). The van der Waals surface area contributed by atoms with Crippen LogP contribution in [-0.4, -0.2) is 14.1 Å². The molecule has 4 heterocycles. The Labute approximate surface area is 363 Å². The zero-order valence-corrected chi connectivity index (χ0v) is 34.1. The van der Waals surface area contributed by atoms with Gasteiger partial charge in [0.05, 0.1) is 27.6 Å². The highest BCUT2D eigenvalue weighted by Gasteiger charge is 2.24. The smallest absolute Gasteiger partial charge is 0.162 e. The fourth-order valence-corrected chi connectivity index (χ4v) is 9.92. The molecule has 0 bridgehead atoms. The van der Waals surface area contributed by atoms with Crippen LogP contribution in [0.15, 0.2) is 229 Å². The van der Waals surface area contributed by atoms with E-state index in [1.807, 2.05) is 6.07 Å². The summed E-state index contributed by atoms with van der Waals surface area (Å²) in [5.74, 6) is 0.840. The summed E-state index contributed by atoms with van der Waals surface area (Å²) in [4.78, 5) is 5.33. The summed E-state index contributed by atoms with van der Waals surface area (Å²) in [7, 11) is 0. The first kappa shape index (κ1) is 35.3. The SMILES string of the molecule is c1ccc(-c2oc3c(-c4ccc(-c5cc(-n6c7ccccc7c7ccccc76)cc(-n6c7ccccc7c7ccccc76)c5)cc4)nc4ccccc4c3c2-c2ccccc2)cc1. The van der Waals surface area contributed by atoms with Gasteiger partial charge in [0.1, 0.15) is 11.5 Å². The lowest BCUT2D eigenvalue weighted by molar-refractivity contribution is 0.632. The Hall–Kier alpha value is -8.47. The largest absolute Gasteiger partial charge is 0.453 e. The molecule has 0 N–H and O–H groups in total. The Kier molecular flexibility index (Phi) is 7.87. The molecule has 4 nitrogen and oxygen atoms in total. The van der Waals surface area contributed by atoms with Crippen LogP contribution in [0.2, 0.25) is 0 Å². The van der Waals surface area contributed by atoms with Gasteiger partial charge in [0, 0.05) is 60.4 Å². The van der Waals surface area contributed by atoms with Crippen molar-refractivity contribution < 1.29 is 4.42 Å². The summed E-state index contributed by atoms with van der Waals surface area (Å²) in [6.07, 6.45) is 0. The normalized spacial score (nSPS) is 11.8. The van der Waals surface area contributed by atoms with Crippen LogP contribution in [0.5, 0.6) is 0 Å². The number of hydrogen-bond donors (Lipinski definition) is 0. The highest BCUT2D eigenvalue weighted by molar-refractivity contribution is 6.18. The molecule has 0 saturated carbocycles. The number of nitrogens with zero attached hydrogens (tertiary/aromatic N) is 3. The number of para-hydroxylation sites is 5. The van der Waals surface area contributed by atoms with Gasteiger partial charge in [-0.3, -0.25) is 0 Å². The summed E-state index contributed by atoms with van der Waals surface area (Å²) >= 11 is 0. The van der Waals surface area contributed by atoms with Gasteiger partial charge in [-0.15, -0.1) is 0 Å². The van der Waals surface area contributed by atoms with E-state index in [4.69, 9.17) is 9.40 Å². The van der Waals surface area contributed by atoms with Gasteiger partial charge < -0.3 is 13.6 Å². The molecule has 0 aliphatic carbocycles. The second-order valence-corrected chi connectivity index (χ2v) is 16.3. The molecule has 0 spiro atoms. The first-order valence-corrected chi connectivity index (χ1v) is 21.5. The van der Waals surface area contributed by atoms with Crippen molar-refractivity contribution in [2.24, 2.45) is 0 Å². The van der Waals surface area contributed by atoms with Crippen molar-refractivity contribution in [3.8, 4) is 56.2 Å². The monoisotopic (exact) mass is 803 g/mol. The highest BCUT2D eigenvalue weighted by atomic mass is 16.3. The summed E-state index contributed by atoms with van der Waals surface area (Å²) in [6, 6.07) is 80.2. The average Bonchev–Trinajstić information content (AvgIpc) is 4.03. The van der Waals surface area contributed by atoms with Crippen LogP contribution in [0.25, 0.3) is 122 Å². The molecule has 0 amide bonds. The number of rotatable bonds is 6. The van der Waals surface area contributed by atoms with Crippen LogP contribution in [0.3, 0.4) is 0 Å². The minimum absolute atomic E-state index is 0.779. The Bertz CT molecular complexity index is 3650. The van der Waals surface area contributed by atoms with Gasteiger partial charge >= 0.3 is 0 Å². The third kappa shape index (κ3) is 5.52. The number of pyridine rings is 1. The van der Waals surface area contributed by atoms with E-state index in [0.29, 0.717) is 0 Å². The molecular formula is C59H37N3O. The van der Waals surface area contributed by atoms with Gasteiger partial charge in [0.15, 0.2) is 5.58 Å². The van der Waals surface area contributed by atoms with E-state index in [1.165, 1.54) is 43.6 Å². The first-order valence-electron chi connectivity index (χ1n) is 21.5. The predicted octanol–water partition coefficient (Wildman–Crippen LogP) is 15.8. The Balaban J connectivity index is 1.04. The topological polar surface area (TPSA) is 35.9 Å². The van der Waals surface area contributed by atoms with Crippen LogP contribution >= 0.6 is 0 Å². The molecule has 4 aromatic heterocycles. The van der Waals surface area contributed by atoms with Crippen molar-refractivity contribution >= 4 is 65.5 Å². The van der Waals surface area contributed by atoms with Crippen LogP contribution < -0.4 is 0 Å². The van der Waals surface area contributed by atoms with E-state index >= 15 is 0 Å². The minimum Gasteiger partial charge on any atom is -0.453 e. The lowest BCUT2D eigenvalue weighted by atomic mass is 9.95. The van der Waals surface area contributed by atoms with Gasteiger partial charge in [-0.25, -0.2) is 4.98 Å². The maximum Gasteiger partial charge on any atom is 0.162 e. The van der Waals surface area contributed by atoms with E-state index in [0.717, 1.165) is 78.1 Å². The van der Waals surface area contributed by atoms with Crippen molar-refractivity contribution in [2.75, 3.05) is 0 Å². The van der Waals surface area contributed by atoms with Crippen LogP contribution in [0, 0.1) is 0 Å². The fourth-order valence-electron chi connectivity index (χ4n) is 9.92. The second kappa shape index (κ2) is 14.1. The van der Waals surface area contributed by atoms with Crippen LogP contribution in [0.1, 0.15) is 0 Å². The number of hydrogen-bond acceptors (Lipinski definition) is 2. The lowest BCUT2D eigenvalue weighted by Gasteiger charge is -2.16. The molecule has 13 aromatic rings. The van der Waals surface area contributed by atoms with Gasteiger partial charge in [-0.05, 0) is 65.2 Å². The number of fused-ring (bicyclic) bond motifs is 9. The third-order valence-electron chi connectivity index (χ3n) is 12.7. The van der Waals surface area contributed by atoms with Crippen molar-refractivity contribution in [3.05, 3.63) is 224 Å². The number of benzene rings is 9. The average molecular weight is 804 g/mol. The maximum atomic E-state index is 7.03. The second-order valence-electron chi connectivity index (χ2n) is 16.3. The van der Waals surface area contributed by atoms with Crippen molar-refractivity contribution in [1.29, 1.82) is 0 Å². The van der Waals surface area contributed by atoms with Gasteiger partial charge in [-0.2, -0.15) is 0 Å². The molecule has 0 saturated heterocycles. The van der Waals surface area contributed by atoms with Gasteiger partial charge in [0.2, 0.25) is 0 Å². The molecule has 0 aliphatic heterocycles. The molecule has 4 heteroatoms. The molecule has 63 heavy (non-hydrogen) atoms. The molecule has 294 valence electrons. The van der Waals surface area contributed by atoms with E-state index in [2.05, 4.69) is 228 Å². The number of aromatic nitrogens is 3.